The summed E-state index contributed by atoms with van der Waals surface area (Å²) in [5.74, 6) is -1.43. The molecule has 148 valence electrons. The molecule has 0 aromatic carbocycles. The molecule has 11 heteroatoms. The summed E-state index contributed by atoms with van der Waals surface area (Å²) < 4.78 is 31.6. The lowest BCUT2D eigenvalue weighted by Gasteiger charge is -2.25. The van der Waals surface area contributed by atoms with E-state index in [9.17, 15) is 9.59 Å². The summed E-state index contributed by atoms with van der Waals surface area (Å²) in [4.78, 5) is 20.9. The Morgan fingerprint density at radius 3 is 1.24 bits per heavy atom. The third-order valence-electron chi connectivity index (χ3n) is 3.83. The molecular weight excluding hydrogens is 356 g/mol. The fraction of sp³-hybridized carbons (Fsp3) is 0.857. The lowest BCUT2D eigenvalue weighted by Crippen LogP contribution is -2.45. The van der Waals surface area contributed by atoms with Gasteiger partial charge in [-0.3, -0.25) is 18.7 Å². The number of nitrogens with one attached hydrogen (secondary N) is 2. The molecule has 0 radical (unpaired) electrons. The van der Waals surface area contributed by atoms with Crippen LogP contribution in [0.5, 0.6) is 0 Å². The van der Waals surface area contributed by atoms with Gasteiger partial charge in [0.1, 0.15) is 12.1 Å². The van der Waals surface area contributed by atoms with E-state index in [1.54, 1.807) is 0 Å². The highest BCUT2D eigenvalue weighted by Crippen LogP contribution is 2.12. The highest BCUT2D eigenvalue weighted by molar-refractivity contribution is 7.79. The number of hydrogen-bond acceptors (Lipinski definition) is 6. The van der Waals surface area contributed by atoms with Crippen LogP contribution < -0.4 is 10.6 Å². The summed E-state index contributed by atoms with van der Waals surface area (Å²) in [6, 6.07) is 0.136. The van der Waals surface area contributed by atoms with Crippen LogP contribution in [0.15, 0.2) is 0 Å². The van der Waals surface area contributed by atoms with E-state index in [1.807, 2.05) is 13.8 Å². The molecule has 2 aliphatic heterocycles. The van der Waals surface area contributed by atoms with Crippen LogP contribution in [0.4, 0.5) is 0 Å². The molecule has 2 rings (SSSR count). The standard InChI is InChI=1S/2C7H13NO2.H2O4S/c2*1-5-3-2-4-6(8-5)7(9)10;1-5(2,3)4/h2*5-6,8H,2-4H2,1H3,(H,9,10);(H2,1,2,3,4). The SMILES string of the molecule is CC1CCCC(C(=O)O)N1.CC1CCCC(C(=O)O)N1.O=S(=O)(O)O. The molecule has 0 aliphatic carbocycles. The van der Waals surface area contributed by atoms with Crippen molar-refractivity contribution < 1.29 is 37.3 Å². The normalized spacial score (nSPS) is 29.3. The van der Waals surface area contributed by atoms with Gasteiger partial charge >= 0.3 is 22.3 Å². The maximum absolute atomic E-state index is 10.4. The van der Waals surface area contributed by atoms with Crippen molar-refractivity contribution in [3.05, 3.63) is 0 Å². The van der Waals surface area contributed by atoms with Crippen LogP contribution in [0.25, 0.3) is 0 Å². The fourth-order valence-corrected chi connectivity index (χ4v) is 2.67. The second-order valence-corrected chi connectivity index (χ2v) is 7.12. The Bertz CT molecular complexity index is 485. The number of aliphatic carboxylic acids is 2. The van der Waals surface area contributed by atoms with Crippen LogP contribution in [0.1, 0.15) is 52.4 Å². The molecule has 2 aliphatic rings. The van der Waals surface area contributed by atoms with E-state index in [-0.39, 0.29) is 12.1 Å². The molecule has 0 saturated carbocycles. The van der Waals surface area contributed by atoms with Crippen molar-refractivity contribution in [3.63, 3.8) is 0 Å². The van der Waals surface area contributed by atoms with E-state index in [4.69, 9.17) is 27.7 Å². The van der Waals surface area contributed by atoms with Gasteiger partial charge in [-0.25, -0.2) is 0 Å². The van der Waals surface area contributed by atoms with Crippen LogP contribution in [-0.2, 0) is 20.0 Å². The Kier molecular flexibility index (Phi) is 10.8. The number of piperidine rings is 2. The molecule has 25 heavy (non-hydrogen) atoms. The third kappa shape index (κ3) is 13.7. The topological polar surface area (TPSA) is 173 Å². The van der Waals surface area contributed by atoms with Gasteiger partial charge < -0.3 is 20.8 Å². The molecule has 4 atom stereocenters. The average molecular weight is 384 g/mol. The van der Waals surface area contributed by atoms with E-state index in [0.29, 0.717) is 12.1 Å². The highest BCUT2D eigenvalue weighted by Gasteiger charge is 2.23. The minimum Gasteiger partial charge on any atom is -0.480 e. The zero-order valence-corrected chi connectivity index (χ0v) is 15.2. The Morgan fingerprint density at radius 1 is 0.800 bits per heavy atom. The van der Waals surface area contributed by atoms with Crippen LogP contribution in [0, 0.1) is 0 Å². The van der Waals surface area contributed by atoms with Gasteiger partial charge in [0, 0.05) is 12.1 Å². The minimum atomic E-state index is -4.67. The largest absolute Gasteiger partial charge is 0.480 e. The van der Waals surface area contributed by atoms with Crippen LogP contribution in [0.3, 0.4) is 0 Å². The first-order valence-electron chi connectivity index (χ1n) is 8.07. The first-order chi connectivity index (χ1) is 11.4. The molecule has 4 unspecified atom stereocenters. The summed E-state index contributed by atoms with van der Waals surface area (Å²) in [6.07, 6.45) is 5.82. The smallest absolute Gasteiger partial charge is 0.394 e. The van der Waals surface area contributed by atoms with Gasteiger partial charge in [0.05, 0.1) is 0 Å². The van der Waals surface area contributed by atoms with Crippen molar-refractivity contribution in [1.82, 2.24) is 10.6 Å². The van der Waals surface area contributed by atoms with Crippen molar-refractivity contribution in [2.45, 2.75) is 76.5 Å². The summed E-state index contributed by atoms with van der Waals surface area (Å²) in [7, 11) is -4.67. The van der Waals surface area contributed by atoms with Crippen molar-refractivity contribution in [1.29, 1.82) is 0 Å². The fourth-order valence-electron chi connectivity index (χ4n) is 2.67. The zero-order valence-electron chi connectivity index (χ0n) is 14.4. The van der Waals surface area contributed by atoms with E-state index < -0.39 is 22.3 Å². The van der Waals surface area contributed by atoms with E-state index in [1.165, 1.54) is 0 Å². The highest BCUT2D eigenvalue weighted by atomic mass is 32.3. The van der Waals surface area contributed by atoms with Gasteiger partial charge in [0.15, 0.2) is 0 Å². The molecule has 0 amide bonds. The number of hydrogen-bond donors (Lipinski definition) is 6. The van der Waals surface area contributed by atoms with Gasteiger partial charge in [-0.05, 0) is 52.4 Å². The van der Waals surface area contributed by atoms with Crippen LogP contribution in [0.2, 0.25) is 0 Å². The molecule has 2 saturated heterocycles. The quantitative estimate of drug-likeness (QED) is 0.369. The Balaban J connectivity index is 0.000000368. The molecule has 0 aromatic rings. The monoisotopic (exact) mass is 384 g/mol. The van der Waals surface area contributed by atoms with E-state index in [2.05, 4.69) is 10.6 Å². The van der Waals surface area contributed by atoms with E-state index >= 15 is 0 Å². The predicted octanol–water partition coefficient (Wildman–Crippen LogP) is 0.550. The molecule has 0 spiro atoms. The van der Waals surface area contributed by atoms with Crippen molar-refractivity contribution in [2.24, 2.45) is 0 Å². The lowest BCUT2D eigenvalue weighted by molar-refractivity contribution is -0.141. The summed E-state index contributed by atoms with van der Waals surface area (Å²) in [5, 5.41) is 23.2. The Hall–Kier alpha value is -1.27. The second-order valence-electron chi connectivity index (χ2n) is 6.23. The first kappa shape index (κ1) is 23.7. The Morgan fingerprint density at radius 2 is 1.08 bits per heavy atom. The molecule has 0 aromatic heterocycles. The minimum absolute atomic E-state index is 0.302. The summed E-state index contributed by atoms with van der Waals surface area (Å²) in [5.41, 5.74) is 0. The molecule has 2 fully saturated rings. The zero-order chi connectivity index (χ0) is 19.6. The molecule has 0 bridgehead atoms. The van der Waals surface area contributed by atoms with Crippen LogP contribution in [-0.4, -0.2) is 63.8 Å². The molecular formula is C14H28N2O8S. The maximum Gasteiger partial charge on any atom is 0.394 e. The third-order valence-corrected chi connectivity index (χ3v) is 3.83. The molecule has 2 heterocycles. The maximum atomic E-state index is 10.4. The van der Waals surface area contributed by atoms with Gasteiger partial charge in [-0.15, -0.1) is 0 Å². The van der Waals surface area contributed by atoms with Crippen molar-refractivity contribution in [2.75, 3.05) is 0 Å². The first-order valence-corrected chi connectivity index (χ1v) is 9.47. The molecule has 6 N–H and O–H groups in total. The van der Waals surface area contributed by atoms with Crippen LogP contribution >= 0.6 is 0 Å². The number of carboxylic acids is 2. The second kappa shape index (κ2) is 11.4. The van der Waals surface area contributed by atoms with E-state index in [0.717, 1.165) is 38.5 Å². The summed E-state index contributed by atoms with van der Waals surface area (Å²) in [6.45, 7) is 4.05. The summed E-state index contributed by atoms with van der Waals surface area (Å²) >= 11 is 0. The average Bonchev–Trinajstić information content (AvgIpc) is 2.46. The van der Waals surface area contributed by atoms with Gasteiger partial charge in [-0.1, -0.05) is 0 Å². The Labute approximate surface area is 147 Å². The number of carboxylic acid groups (broad SMARTS) is 2. The molecule has 10 nitrogen and oxygen atoms in total. The predicted molar refractivity (Wildman–Crippen MR) is 89.9 cm³/mol. The number of rotatable bonds is 2. The van der Waals surface area contributed by atoms with Gasteiger partial charge in [0.2, 0.25) is 0 Å². The van der Waals surface area contributed by atoms with Gasteiger partial charge in [0.25, 0.3) is 0 Å². The number of carbonyl (C=O) groups is 2. The van der Waals surface area contributed by atoms with Crippen molar-refractivity contribution in [3.8, 4) is 0 Å². The lowest BCUT2D eigenvalue weighted by atomic mass is 10.00. The van der Waals surface area contributed by atoms with Crippen molar-refractivity contribution >= 4 is 22.3 Å². The van der Waals surface area contributed by atoms with Gasteiger partial charge in [-0.2, -0.15) is 8.42 Å².